The third-order valence-electron chi connectivity index (χ3n) is 3.64. The standard InChI is InChI=1S/C18H28N4O2.HI/c1-3-19-18(21-10-11-24-13-12-23-2)20-9-8-15-14-22-17-7-5-4-6-16(15)17;/h4-7,14,22H,3,8-13H2,1-2H3,(H2,19,20,21);1H. The van der Waals surface area contributed by atoms with Crippen molar-refractivity contribution >= 4 is 40.8 Å². The molecule has 1 heterocycles. The normalized spacial score (nSPS) is 11.4. The molecule has 1 aromatic carbocycles. The number of aromatic nitrogens is 1. The van der Waals surface area contributed by atoms with Gasteiger partial charge in [-0.2, -0.15) is 0 Å². The highest BCUT2D eigenvalue weighted by Crippen LogP contribution is 2.17. The first-order valence-electron chi connectivity index (χ1n) is 8.49. The largest absolute Gasteiger partial charge is 0.382 e. The second-order valence-electron chi connectivity index (χ2n) is 5.40. The molecule has 2 rings (SSSR count). The maximum Gasteiger partial charge on any atom is 0.191 e. The Morgan fingerprint density at radius 1 is 1.16 bits per heavy atom. The van der Waals surface area contributed by atoms with Crippen molar-refractivity contribution in [1.29, 1.82) is 0 Å². The van der Waals surface area contributed by atoms with Crippen LogP contribution in [0.5, 0.6) is 0 Å². The number of nitrogens with one attached hydrogen (secondary N) is 3. The molecular formula is C18H29IN4O2. The van der Waals surface area contributed by atoms with Crippen molar-refractivity contribution in [2.75, 3.05) is 46.6 Å². The maximum absolute atomic E-state index is 5.42. The first-order valence-corrected chi connectivity index (χ1v) is 8.49. The minimum atomic E-state index is 0. The van der Waals surface area contributed by atoms with E-state index in [1.807, 2.05) is 6.07 Å². The number of hydrogen-bond donors (Lipinski definition) is 3. The van der Waals surface area contributed by atoms with Gasteiger partial charge in [0.2, 0.25) is 0 Å². The van der Waals surface area contributed by atoms with Crippen molar-refractivity contribution in [3.8, 4) is 0 Å². The monoisotopic (exact) mass is 460 g/mol. The lowest BCUT2D eigenvalue weighted by Crippen LogP contribution is -2.38. The van der Waals surface area contributed by atoms with Crippen LogP contribution in [-0.2, 0) is 15.9 Å². The van der Waals surface area contributed by atoms with Gasteiger partial charge in [0.1, 0.15) is 0 Å². The molecule has 25 heavy (non-hydrogen) atoms. The minimum absolute atomic E-state index is 0. The van der Waals surface area contributed by atoms with E-state index in [4.69, 9.17) is 9.47 Å². The smallest absolute Gasteiger partial charge is 0.191 e. The molecule has 140 valence electrons. The summed E-state index contributed by atoms with van der Waals surface area (Å²) >= 11 is 0. The number of methoxy groups -OCH3 is 1. The predicted octanol–water partition coefficient (Wildman–Crippen LogP) is 2.55. The summed E-state index contributed by atoms with van der Waals surface area (Å²) in [5, 5.41) is 7.91. The number of hydrogen-bond acceptors (Lipinski definition) is 3. The minimum Gasteiger partial charge on any atom is -0.382 e. The highest BCUT2D eigenvalue weighted by molar-refractivity contribution is 14.0. The summed E-state index contributed by atoms with van der Waals surface area (Å²) in [5.74, 6) is 0.827. The van der Waals surface area contributed by atoms with Gasteiger partial charge in [0, 0.05) is 37.3 Å². The molecule has 6 nitrogen and oxygen atoms in total. The number of H-pyrrole nitrogens is 1. The molecule has 2 aromatic rings. The van der Waals surface area contributed by atoms with Crippen LogP contribution in [0.3, 0.4) is 0 Å². The number of benzene rings is 1. The number of rotatable bonds is 10. The first-order chi connectivity index (χ1) is 11.8. The summed E-state index contributed by atoms with van der Waals surface area (Å²) in [7, 11) is 1.67. The Kier molecular flexibility index (Phi) is 11.3. The van der Waals surface area contributed by atoms with E-state index in [0.29, 0.717) is 26.4 Å². The van der Waals surface area contributed by atoms with Gasteiger partial charge in [0.15, 0.2) is 5.96 Å². The third-order valence-corrected chi connectivity index (χ3v) is 3.64. The summed E-state index contributed by atoms with van der Waals surface area (Å²) < 4.78 is 10.4. The quantitative estimate of drug-likeness (QED) is 0.221. The summed E-state index contributed by atoms with van der Waals surface area (Å²) in [4.78, 5) is 7.82. The average molecular weight is 460 g/mol. The molecule has 0 radical (unpaired) electrons. The van der Waals surface area contributed by atoms with Crippen LogP contribution in [0.15, 0.2) is 35.5 Å². The molecule has 0 saturated heterocycles. The van der Waals surface area contributed by atoms with E-state index in [-0.39, 0.29) is 24.0 Å². The SMILES string of the molecule is CCNC(=NCCOCCOC)NCCc1c[nH]c2ccccc12.I. The van der Waals surface area contributed by atoms with Gasteiger partial charge in [-0.05, 0) is 25.0 Å². The van der Waals surface area contributed by atoms with Crippen LogP contribution >= 0.6 is 24.0 Å². The molecule has 0 amide bonds. The fourth-order valence-electron chi connectivity index (χ4n) is 2.46. The van der Waals surface area contributed by atoms with E-state index in [1.165, 1.54) is 16.5 Å². The number of fused-ring (bicyclic) bond motifs is 1. The molecule has 3 N–H and O–H groups in total. The van der Waals surface area contributed by atoms with E-state index >= 15 is 0 Å². The molecule has 1 aromatic heterocycles. The first kappa shape index (κ1) is 21.7. The Hall–Kier alpha value is -1.32. The number of ether oxygens (including phenoxy) is 2. The van der Waals surface area contributed by atoms with Crippen molar-refractivity contribution in [3.63, 3.8) is 0 Å². The summed E-state index contributed by atoms with van der Waals surface area (Å²) in [6, 6.07) is 8.37. The van der Waals surface area contributed by atoms with Crippen molar-refractivity contribution in [1.82, 2.24) is 15.6 Å². The Morgan fingerprint density at radius 2 is 2.00 bits per heavy atom. The lowest BCUT2D eigenvalue weighted by Gasteiger charge is -2.11. The fraction of sp³-hybridized carbons (Fsp3) is 0.500. The molecule has 0 unspecified atom stereocenters. The second kappa shape index (κ2) is 13.0. The van der Waals surface area contributed by atoms with Crippen LogP contribution in [0.4, 0.5) is 0 Å². The zero-order chi connectivity index (χ0) is 17.0. The van der Waals surface area contributed by atoms with Crippen molar-refractivity contribution in [2.45, 2.75) is 13.3 Å². The zero-order valence-electron chi connectivity index (χ0n) is 15.0. The van der Waals surface area contributed by atoms with E-state index < -0.39 is 0 Å². The second-order valence-corrected chi connectivity index (χ2v) is 5.40. The third kappa shape index (κ3) is 7.62. The molecule has 0 aliphatic carbocycles. The van der Waals surface area contributed by atoms with Gasteiger partial charge in [-0.15, -0.1) is 24.0 Å². The molecule has 0 aliphatic rings. The fourth-order valence-corrected chi connectivity index (χ4v) is 2.46. The van der Waals surface area contributed by atoms with Crippen molar-refractivity contribution < 1.29 is 9.47 Å². The Bertz CT molecular complexity index is 630. The molecule has 7 heteroatoms. The molecule has 0 atom stereocenters. The lowest BCUT2D eigenvalue weighted by atomic mass is 10.1. The number of halogens is 1. The van der Waals surface area contributed by atoms with E-state index in [1.54, 1.807) is 7.11 Å². The van der Waals surface area contributed by atoms with Crippen LogP contribution in [0, 0.1) is 0 Å². The Balaban J connectivity index is 0.00000312. The van der Waals surface area contributed by atoms with Gasteiger partial charge in [-0.25, -0.2) is 0 Å². The molecule has 0 aliphatic heterocycles. The van der Waals surface area contributed by atoms with Crippen LogP contribution < -0.4 is 10.6 Å². The Morgan fingerprint density at radius 3 is 2.80 bits per heavy atom. The van der Waals surface area contributed by atoms with Crippen LogP contribution in [0.1, 0.15) is 12.5 Å². The summed E-state index contributed by atoms with van der Waals surface area (Å²) in [6.07, 6.45) is 3.03. The predicted molar refractivity (Wildman–Crippen MR) is 114 cm³/mol. The average Bonchev–Trinajstić information content (AvgIpc) is 3.01. The molecule has 0 bridgehead atoms. The van der Waals surface area contributed by atoms with Crippen LogP contribution in [0.25, 0.3) is 10.9 Å². The number of para-hydroxylation sites is 1. The topological polar surface area (TPSA) is 70.7 Å². The molecular weight excluding hydrogens is 431 g/mol. The van der Waals surface area contributed by atoms with Crippen LogP contribution in [-0.4, -0.2) is 57.5 Å². The highest BCUT2D eigenvalue weighted by Gasteiger charge is 2.03. The summed E-state index contributed by atoms with van der Waals surface area (Å²) in [6.45, 7) is 6.19. The van der Waals surface area contributed by atoms with Gasteiger partial charge in [0.05, 0.1) is 26.4 Å². The molecule has 0 spiro atoms. The van der Waals surface area contributed by atoms with Gasteiger partial charge in [-0.3, -0.25) is 4.99 Å². The number of nitrogens with zero attached hydrogens (tertiary/aromatic N) is 1. The van der Waals surface area contributed by atoms with Gasteiger partial charge in [0.25, 0.3) is 0 Å². The zero-order valence-corrected chi connectivity index (χ0v) is 17.3. The lowest BCUT2D eigenvalue weighted by molar-refractivity contribution is 0.0748. The van der Waals surface area contributed by atoms with Crippen molar-refractivity contribution in [3.05, 3.63) is 36.0 Å². The molecule has 0 fully saturated rings. The maximum atomic E-state index is 5.42. The molecule has 0 saturated carbocycles. The van der Waals surface area contributed by atoms with E-state index in [9.17, 15) is 0 Å². The number of aliphatic imine (C=N–C) groups is 1. The van der Waals surface area contributed by atoms with Gasteiger partial charge in [-0.1, -0.05) is 18.2 Å². The van der Waals surface area contributed by atoms with Gasteiger partial charge < -0.3 is 25.1 Å². The number of aromatic amines is 1. The summed E-state index contributed by atoms with van der Waals surface area (Å²) in [5.41, 5.74) is 2.50. The van der Waals surface area contributed by atoms with Crippen molar-refractivity contribution in [2.24, 2.45) is 4.99 Å². The van der Waals surface area contributed by atoms with Crippen LogP contribution in [0.2, 0.25) is 0 Å². The van der Waals surface area contributed by atoms with Gasteiger partial charge >= 0.3 is 0 Å². The van der Waals surface area contributed by atoms with E-state index in [0.717, 1.165) is 25.5 Å². The highest BCUT2D eigenvalue weighted by atomic mass is 127. The number of guanidine groups is 1. The van der Waals surface area contributed by atoms with E-state index in [2.05, 4.69) is 51.9 Å². The Labute approximate surface area is 166 Å².